The molecule has 6 nitrogen and oxygen atoms in total. The number of carbonyl (C=O) groups is 2. The van der Waals surface area contributed by atoms with Gasteiger partial charge in [-0.05, 0) is 24.3 Å². The number of amides is 2. The number of ether oxygens (including phenoxy) is 1. The Morgan fingerprint density at radius 3 is 2.24 bits per heavy atom. The lowest BCUT2D eigenvalue weighted by molar-refractivity contribution is -0.139. The summed E-state index contributed by atoms with van der Waals surface area (Å²) < 4.78 is 5.00. The fraction of sp³-hybridized carbons (Fsp3) is 0.200. The van der Waals surface area contributed by atoms with Gasteiger partial charge in [-0.2, -0.15) is 0 Å². The second-order valence-electron chi connectivity index (χ2n) is 4.12. The van der Waals surface area contributed by atoms with Crippen molar-refractivity contribution in [2.24, 2.45) is 0 Å². The number of nitrogens with one attached hydrogen (secondary N) is 1. The molecule has 1 rings (SSSR count). The first-order valence-electron chi connectivity index (χ1n) is 6.29. The Hall–Kier alpha value is -2.76. The van der Waals surface area contributed by atoms with Gasteiger partial charge in [0.2, 0.25) is 0 Å². The lowest BCUT2D eigenvalue weighted by Gasteiger charge is -2.19. The second kappa shape index (κ2) is 8.42. The van der Waals surface area contributed by atoms with E-state index in [1.54, 1.807) is 36.4 Å². The third-order valence-corrected chi connectivity index (χ3v) is 2.45. The summed E-state index contributed by atoms with van der Waals surface area (Å²) >= 11 is 0. The van der Waals surface area contributed by atoms with Crippen molar-refractivity contribution in [2.75, 3.05) is 25.0 Å². The third kappa shape index (κ3) is 5.82. The van der Waals surface area contributed by atoms with Crippen LogP contribution in [0.5, 0.6) is 5.75 Å². The Bertz CT molecular complexity index is 501. The van der Waals surface area contributed by atoms with E-state index in [9.17, 15) is 9.59 Å². The molecule has 0 fully saturated rings. The number of carboxylic acids is 1. The van der Waals surface area contributed by atoms with Crippen LogP contribution in [0.25, 0.3) is 0 Å². The molecule has 0 aliphatic rings. The maximum Gasteiger partial charge on any atom is 0.341 e. The van der Waals surface area contributed by atoms with Gasteiger partial charge in [-0.15, -0.1) is 13.2 Å². The van der Waals surface area contributed by atoms with Gasteiger partial charge in [-0.1, -0.05) is 12.2 Å². The standard InChI is InChI=1S/C15H18N2O4/c1-3-9-17(10-4-2)15(20)16-12-5-7-13(8-6-12)21-11-14(18)19/h3-8H,1-2,9-11H2,(H,16,20)(H,18,19). The largest absolute Gasteiger partial charge is 0.482 e. The molecule has 21 heavy (non-hydrogen) atoms. The number of urea groups is 1. The van der Waals surface area contributed by atoms with Crippen molar-refractivity contribution in [3.8, 4) is 5.75 Å². The molecule has 2 N–H and O–H groups in total. The minimum atomic E-state index is -1.04. The molecule has 112 valence electrons. The van der Waals surface area contributed by atoms with Gasteiger partial charge < -0.3 is 20.1 Å². The minimum Gasteiger partial charge on any atom is -0.482 e. The van der Waals surface area contributed by atoms with Crippen LogP contribution >= 0.6 is 0 Å². The number of carboxylic acid groups (broad SMARTS) is 1. The van der Waals surface area contributed by atoms with Crippen molar-refractivity contribution in [3.05, 3.63) is 49.6 Å². The Kier molecular flexibility index (Phi) is 6.53. The lowest BCUT2D eigenvalue weighted by atomic mass is 10.3. The fourth-order valence-corrected chi connectivity index (χ4v) is 1.53. The Balaban J connectivity index is 2.61. The average Bonchev–Trinajstić information content (AvgIpc) is 2.46. The summed E-state index contributed by atoms with van der Waals surface area (Å²) in [5.41, 5.74) is 0.584. The number of carbonyl (C=O) groups excluding carboxylic acids is 1. The van der Waals surface area contributed by atoms with Gasteiger partial charge in [0.25, 0.3) is 0 Å². The van der Waals surface area contributed by atoms with Crippen LogP contribution in [0.15, 0.2) is 49.6 Å². The summed E-state index contributed by atoms with van der Waals surface area (Å²) in [4.78, 5) is 23.9. The van der Waals surface area contributed by atoms with Gasteiger partial charge >= 0.3 is 12.0 Å². The smallest absolute Gasteiger partial charge is 0.341 e. The number of nitrogens with zero attached hydrogens (tertiary/aromatic N) is 1. The molecule has 0 aromatic heterocycles. The molecule has 0 saturated heterocycles. The van der Waals surface area contributed by atoms with Crippen molar-refractivity contribution < 1.29 is 19.4 Å². The second-order valence-corrected chi connectivity index (χ2v) is 4.12. The normalized spacial score (nSPS) is 9.52. The predicted molar refractivity (Wildman–Crippen MR) is 80.6 cm³/mol. The number of hydrogen-bond acceptors (Lipinski definition) is 3. The summed E-state index contributed by atoms with van der Waals surface area (Å²) in [5, 5.41) is 11.2. The van der Waals surface area contributed by atoms with E-state index in [-0.39, 0.29) is 6.03 Å². The average molecular weight is 290 g/mol. The SMILES string of the molecule is C=CCN(CC=C)C(=O)Nc1ccc(OCC(=O)O)cc1. The monoisotopic (exact) mass is 290 g/mol. The van der Waals surface area contributed by atoms with Crippen LogP contribution in [0, 0.1) is 0 Å². The molecule has 0 unspecified atom stereocenters. The van der Waals surface area contributed by atoms with Crippen LogP contribution in [0.3, 0.4) is 0 Å². The minimum absolute atomic E-state index is 0.269. The first-order chi connectivity index (χ1) is 10.1. The zero-order chi connectivity index (χ0) is 15.7. The van der Waals surface area contributed by atoms with Crippen molar-refractivity contribution in [2.45, 2.75) is 0 Å². The van der Waals surface area contributed by atoms with Gasteiger partial charge in [0, 0.05) is 18.8 Å². The molecule has 0 radical (unpaired) electrons. The zero-order valence-corrected chi connectivity index (χ0v) is 11.6. The van der Waals surface area contributed by atoms with E-state index >= 15 is 0 Å². The van der Waals surface area contributed by atoms with Gasteiger partial charge in [-0.25, -0.2) is 9.59 Å². The molecule has 2 amide bonds. The molecule has 0 aliphatic carbocycles. The summed E-state index contributed by atoms with van der Waals surface area (Å²) in [6, 6.07) is 6.17. The van der Waals surface area contributed by atoms with E-state index in [0.717, 1.165) is 0 Å². The van der Waals surface area contributed by atoms with Gasteiger partial charge in [0.1, 0.15) is 5.75 Å². The number of rotatable bonds is 8. The topological polar surface area (TPSA) is 78.9 Å². The first kappa shape index (κ1) is 16.3. The van der Waals surface area contributed by atoms with E-state index in [4.69, 9.17) is 9.84 Å². The van der Waals surface area contributed by atoms with Crippen molar-refractivity contribution in [3.63, 3.8) is 0 Å². The zero-order valence-electron chi connectivity index (χ0n) is 11.6. The molecular weight excluding hydrogens is 272 g/mol. The van der Waals surface area contributed by atoms with Crippen LogP contribution in [0.2, 0.25) is 0 Å². The number of anilines is 1. The van der Waals surface area contributed by atoms with Crippen LogP contribution in [-0.4, -0.2) is 41.7 Å². The van der Waals surface area contributed by atoms with Crippen LogP contribution in [0.1, 0.15) is 0 Å². The van der Waals surface area contributed by atoms with Crippen molar-refractivity contribution in [1.82, 2.24) is 4.90 Å². The van der Waals surface area contributed by atoms with E-state index in [2.05, 4.69) is 18.5 Å². The third-order valence-electron chi connectivity index (χ3n) is 2.45. The molecule has 0 heterocycles. The van der Waals surface area contributed by atoms with Crippen LogP contribution in [0.4, 0.5) is 10.5 Å². The summed E-state index contributed by atoms with van der Waals surface area (Å²) in [6.45, 7) is 7.62. The highest BCUT2D eigenvalue weighted by Crippen LogP contribution is 2.16. The highest BCUT2D eigenvalue weighted by atomic mass is 16.5. The van der Waals surface area contributed by atoms with Crippen LogP contribution < -0.4 is 10.1 Å². The number of hydrogen-bond donors (Lipinski definition) is 2. The van der Waals surface area contributed by atoms with E-state index in [0.29, 0.717) is 24.5 Å². The summed E-state index contributed by atoms with van der Waals surface area (Å²) in [7, 11) is 0. The summed E-state index contributed by atoms with van der Waals surface area (Å²) in [6.07, 6.45) is 3.26. The predicted octanol–water partition coefficient (Wildman–Crippen LogP) is 2.36. The summed E-state index contributed by atoms with van der Waals surface area (Å²) in [5.74, 6) is -0.624. The van der Waals surface area contributed by atoms with Gasteiger partial charge in [0.05, 0.1) is 0 Å². The molecule has 0 bridgehead atoms. The molecule has 0 saturated carbocycles. The Morgan fingerprint density at radius 2 is 1.76 bits per heavy atom. The maximum absolute atomic E-state index is 12.0. The fourth-order valence-electron chi connectivity index (χ4n) is 1.53. The van der Waals surface area contributed by atoms with Crippen LogP contribution in [-0.2, 0) is 4.79 Å². The Morgan fingerprint density at radius 1 is 1.19 bits per heavy atom. The first-order valence-corrected chi connectivity index (χ1v) is 6.29. The van der Waals surface area contributed by atoms with E-state index in [1.807, 2.05) is 0 Å². The van der Waals surface area contributed by atoms with Crippen molar-refractivity contribution >= 4 is 17.7 Å². The molecule has 1 aromatic carbocycles. The number of benzene rings is 1. The van der Waals surface area contributed by atoms with Gasteiger partial charge in [0.15, 0.2) is 6.61 Å². The molecule has 6 heteroatoms. The van der Waals surface area contributed by atoms with Gasteiger partial charge in [-0.3, -0.25) is 0 Å². The highest BCUT2D eigenvalue weighted by molar-refractivity contribution is 5.89. The Labute approximate surface area is 123 Å². The highest BCUT2D eigenvalue weighted by Gasteiger charge is 2.10. The molecule has 0 spiro atoms. The molecule has 0 atom stereocenters. The number of aliphatic carboxylic acids is 1. The van der Waals surface area contributed by atoms with Crippen molar-refractivity contribution in [1.29, 1.82) is 0 Å². The lowest BCUT2D eigenvalue weighted by Crippen LogP contribution is -2.35. The molecule has 1 aromatic rings. The molecule has 0 aliphatic heterocycles. The quantitative estimate of drug-likeness (QED) is 0.720. The molecular formula is C15H18N2O4. The van der Waals surface area contributed by atoms with E-state index < -0.39 is 12.6 Å². The maximum atomic E-state index is 12.0. The van der Waals surface area contributed by atoms with E-state index in [1.165, 1.54) is 4.90 Å².